The zero-order chi connectivity index (χ0) is 15.2. The van der Waals surface area contributed by atoms with Crippen LogP contribution in [0.4, 0.5) is 0 Å². The van der Waals surface area contributed by atoms with E-state index >= 15 is 0 Å². The second-order valence-electron chi connectivity index (χ2n) is 5.96. The van der Waals surface area contributed by atoms with E-state index in [9.17, 15) is 9.90 Å². The number of benzene rings is 1. The Labute approximate surface area is 128 Å². The minimum Gasteiger partial charge on any atom is -0.481 e. The minimum absolute atomic E-state index is 0.103. The van der Waals surface area contributed by atoms with Crippen LogP contribution >= 0.6 is 11.6 Å². The number of rotatable bonds is 2. The van der Waals surface area contributed by atoms with Gasteiger partial charge in [-0.3, -0.25) is 4.79 Å². The second-order valence-corrected chi connectivity index (χ2v) is 6.35. The van der Waals surface area contributed by atoms with Gasteiger partial charge in [0.2, 0.25) is 0 Å². The fourth-order valence-electron chi connectivity index (χ4n) is 3.12. The van der Waals surface area contributed by atoms with Gasteiger partial charge in [-0.25, -0.2) is 4.99 Å². The summed E-state index contributed by atoms with van der Waals surface area (Å²) >= 11 is 5.97. The van der Waals surface area contributed by atoms with Crippen molar-refractivity contribution in [3.8, 4) is 5.75 Å². The molecule has 0 saturated carbocycles. The molecule has 21 heavy (non-hydrogen) atoms. The Morgan fingerprint density at radius 3 is 2.86 bits per heavy atom. The third kappa shape index (κ3) is 2.23. The molecule has 1 N–H and O–H groups in total. The standard InChI is InChI=1S/C16H16ClNO3/c1-16(2,15(19)20)13-9-5-3-4-6-11(9)21-14-10(13)7-8-12(17)18-14/h3-6,8,10,13H,7H2,1-2H3,(H,19,20)/t10?,13-/m0/s1. The van der Waals surface area contributed by atoms with Crippen molar-refractivity contribution in [2.45, 2.75) is 26.2 Å². The summed E-state index contributed by atoms with van der Waals surface area (Å²) in [5, 5.41) is 10.0. The van der Waals surface area contributed by atoms with Gasteiger partial charge in [-0.05, 0) is 38.0 Å². The van der Waals surface area contributed by atoms with Gasteiger partial charge in [0.25, 0.3) is 0 Å². The van der Waals surface area contributed by atoms with Crippen molar-refractivity contribution >= 4 is 23.5 Å². The van der Waals surface area contributed by atoms with E-state index in [1.807, 2.05) is 30.3 Å². The van der Waals surface area contributed by atoms with E-state index in [2.05, 4.69) is 4.99 Å². The van der Waals surface area contributed by atoms with Gasteiger partial charge >= 0.3 is 5.97 Å². The number of carboxylic acids is 1. The van der Waals surface area contributed by atoms with Crippen molar-refractivity contribution < 1.29 is 14.6 Å². The fourth-order valence-corrected chi connectivity index (χ4v) is 3.29. The van der Waals surface area contributed by atoms with Crippen LogP contribution in [0.5, 0.6) is 5.75 Å². The third-order valence-corrected chi connectivity index (χ3v) is 4.51. The molecule has 0 aliphatic carbocycles. The molecular weight excluding hydrogens is 290 g/mol. The number of aliphatic carboxylic acids is 1. The van der Waals surface area contributed by atoms with Crippen molar-refractivity contribution in [1.82, 2.24) is 0 Å². The Morgan fingerprint density at radius 1 is 1.43 bits per heavy atom. The van der Waals surface area contributed by atoms with Crippen LogP contribution in [0.3, 0.4) is 0 Å². The zero-order valence-corrected chi connectivity index (χ0v) is 12.6. The van der Waals surface area contributed by atoms with E-state index in [-0.39, 0.29) is 11.8 Å². The van der Waals surface area contributed by atoms with Crippen LogP contribution in [0, 0.1) is 11.3 Å². The largest absolute Gasteiger partial charge is 0.481 e. The smallest absolute Gasteiger partial charge is 0.309 e. The molecule has 0 fully saturated rings. The average Bonchev–Trinajstić information content (AvgIpc) is 2.44. The summed E-state index contributed by atoms with van der Waals surface area (Å²) in [6.07, 6.45) is 2.45. The second kappa shape index (κ2) is 4.88. The van der Waals surface area contributed by atoms with E-state index in [1.165, 1.54) is 0 Å². The minimum atomic E-state index is -0.928. The summed E-state index contributed by atoms with van der Waals surface area (Å²) in [7, 11) is 0. The van der Waals surface area contributed by atoms with E-state index in [0.29, 0.717) is 23.2 Å². The van der Waals surface area contributed by atoms with Crippen molar-refractivity contribution in [2.24, 2.45) is 16.3 Å². The lowest BCUT2D eigenvalue weighted by Crippen LogP contribution is -2.43. The molecule has 5 heteroatoms. The predicted molar refractivity (Wildman–Crippen MR) is 80.7 cm³/mol. The molecular formula is C16H16ClNO3. The van der Waals surface area contributed by atoms with Gasteiger partial charge in [-0.15, -0.1) is 0 Å². The molecule has 0 aromatic heterocycles. The van der Waals surface area contributed by atoms with Gasteiger partial charge in [-0.1, -0.05) is 29.8 Å². The first kappa shape index (κ1) is 14.1. The van der Waals surface area contributed by atoms with E-state index in [4.69, 9.17) is 16.3 Å². The lowest BCUT2D eigenvalue weighted by molar-refractivity contribution is -0.148. The monoisotopic (exact) mass is 305 g/mol. The average molecular weight is 306 g/mol. The summed E-state index contributed by atoms with van der Waals surface area (Å²) in [6.45, 7) is 3.50. The van der Waals surface area contributed by atoms with Crippen LogP contribution < -0.4 is 4.74 Å². The molecule has 0 bridgehead atoms. The third-order valence-electron chi connectivity index (χ3n) is 4.27. The maximum Gasteiger partial charge on any atom is 0.309 e. The Morgan fingerprint density at radius 2 is 2.14 bits per heavy atom. The Hall–Kier alpha value is -1.81. The van der Waals surface area contributed by atoms with Gasteiger partial charge in [0.15, 0.2) is 5.90 Å². The Kier molecular flexibility index (Phi) is 3.29. The number of ether oxygens (including phenoxy) is 1. The van der Waals surface area contributed by atoms with Crippen LogP contribution in [-0.2, 0) is 4.79 Å². The van der Waals surface area contributed by atoms with Crippen molar-refractivity contribution in [3.05, 3.63) is 41.1 Å². The van der Waals surface area contributed by atoms with Crippen LogP contribution in [0.25, 0.3) is 0 Å². The van der Waals surface area contributed by atoms with Gasteiger partial charge in [0.05, 0.1) is 5.41 Å². The number of hydrogen-bond acceptors (Lipinski definition) is 3. The molecule has 2 atom stereocenters. The van der Waals surface area contributed by atoms with Crippen LogP contribution in [0.15, 0.2) is 40.5 Å². The van der Waals surface area contributed by atoms with Gasteiger partial charge in [0.1, 0.15) is 10.9 Å². The molecule has 0 amide bonds. The molecule has 2 heterocycles. The normalized spacial score (nSPS) is 24.1. The molecule has 110 valence electrons. The summed E-state index contributed by atoms with van der Waals surface area (Å²) in [5.41, 5.74) is -0.0107. The lowest BCUT2D eigenvalue weighted by Gasteiger charge is -2.41. The van der Waals surface area contributed by atoms with E-state index < -0.39 is 11.4 Å². The van der Waals surface area contributed by atoms with Gasteiger partial charge < -0.3 is 9.84 Å². The van der Waals surface area contributed by atoms with Gasteiger partial charge in [0, 0.05) is 11.8 Å². The first-order valence-electron chi connectivity index (χ1n) is 6.85. The summed E-state index contributed by atoms with van der Waals surface area (Å²) in [4.78, 5) is 16.0. The number of carboxylic acid groups (broad SMARTS) is 1. The highest BCUT2D eigenvalue weighted by atomic mass is 35.5. The quantitative estimate of drug-likeness (QED) is 0.846. The van der Waals surface area contributed by atoms with Crippen LogP contribution in [-0.4, -0.2) is 17.0 Å². The SMILES string of the molecule is CC(C)(C(=O)O)[C@H]1c2ccccc2OC2=NC(Cl)=CCC21. The summed E-state index contributed by atoms with van der Waals surface area (Å²) in [6, 6.07) is 7.54. The van der Waals surface area contributed by atoms with Crippen LogP contribution in [0.1, 0.15) is 31.7 Å². The lowest BCUT2D eigenvalue weighted by atomic mass is 9.66. The van der Waals surface area contributed by atoms with Gasteiger partial charge in [-0.2, -0.15) is 0 Å². The Bertz CT molecular complexity index is 663. The maximum absolute atomic E-state index is 11.7. The number of para-hydroxylation sites is 1. The number of aliphatic imine (C=N–C) groups is 1. The predicted octanol–water partition coefficient (Wildman–Crippen LogP) is 3.77. The number of halogens is 1. The molecule has 2 aliphatic rings. The first-order chi connectivity index (χ1) is 9.91. The van der Waals surface area contributed by atoms with Crippen molar-refractivity contribution in [2.75, 3.05) is 0 Å². The molecule has 0 spiro atoms. The molecule has 3 rings (SSSR count). The fraction of sp³-hybridized carbons (Fsp3) is 0.375. The molecule has 0 saturated heterocycles. The maximum atomic E-state index is 11.7. The molecule has 4 nitrogen and oxygen atoms in total. The first-order valence-corrected chi connectivity index (χ1v) is 7.23. The summed E-state index contributed by atoms with van der Waals surface area (Å²) in [5.74, 6) is 0.0381. The van der Waals surface area contributed by atoms with Crippen LogP contribution in [0.2, 0.25) is 0 Å². The van der Waals surface area contributed by atoms with E-state index in [0.717, 1.165) is 5.56 Å². The molecule has 0 radical (unpaired) electrons. The molecule has 1 aromatic carbocycles. The number of allylic oxidation sites excluding steroid dienone is 1. The van der Waals surface area contributed by atoms with E-state index in [1.54, 1.807) is 13.8 Å². The highest BCUT2D eigenvalue weighted by Gasteiger charge is 2.48. The highest BCUT2D eigenvalue weighted by molar-refractivity contribution is 6.30. The van der Waals surface area contributed by atoms with Crippen molar-refractivity contribution in [3.63, 3.8) is 0 Å². The number of nitrogens with zero attached hydrogens (tertiary/aromatic N) is 1. The molecule has 2 aliphatic heterocycles. The zero-order valence-electron chi connectivity index (χ0n) is 11.8. The van der Waals surface area contributed by atoms with Crippen molar-refractivity contribution in [1.29, 1.82) is 0 Å². The number of fused-ring (bicyclic) bond motifs is 2. The number of carbonyl (C=O) groups is 1. The topological polar surface area (TPSA) is 58.9 Å². The highest BCUT2D eigenvalue weighted by Crippen LogP contribution is 2.50. The molecule has 1 unspecified atom stereocenters. The number of hydrogen-bond donors (Lipinski definition) is 1. The summed E-state index contributed by atoms with van der Waals surface area (Å²) < 4.78 is 5.84. The molecule has 1 aromatic rings. The Balaban J connectivity index is 2.16.